The van der Waals surface area contributed by atoms with E-state index >= 15 is 0 Å². The summed E-state index contributed by atoms with van der Waals surface area (Å²) < 4.78 is 25.6. The fraction of sp³-hybridized carbons (Fsp3) is 0.974. The average Bonchev–Trinajstić information content (AvgIpc) is 3.66. The van der Waals surface area contributed by atoms with Crippen molar-refractivity contribution < 1.29 is 39.1 Å². The lowest BCUT2D eigenvalue weighted by atomic mass is 9.45. The third kappa shape index (κ3) is 7.69. The van der Waals surface area contributed by atoms with E-state index in [1.165, 1.54) is 39.0 Å². The second kappa shape index (κ2) is 16.2. The molecule has 0 aromatic rings. The van der Waals surface area contributed by atoms with Gasteiger partial charge in [0.1, 0.15) is 6.79 Å². The molecule has 0 radical (unpaired) electrons. The predicted molar refractivity (Wildman–Crippen MR) is 187 cm³/mol. The van der Waals surface area contributed by atoms with Gasteiger partial charge in [0, 0.05) is 19.4 Å². The van der Waals surface area contributed by atoms with Crippen molar-refractivity contribution in [3.05, 3.63) is 0 Å². The summed E-state index contributed by atoms with van der Waals surface area (Å²) >= 11 is 0. The maximum Gasteiger partial charge on any atom is 0.302 e. The molecule has 286 valence electrons. The molecule has 7 rings (SSSR count). The van der Waals surface area contributed by atoms with E-state index in [0.717, 1.165) is 58.0 Å². The number of carbonyl (C=O) groups is 1. The van der Waals surface area contributed by atoms with Gasteiger partial charge in [-0.1, -0.05) is 0 Å². The smallest absolute Gasteiger partial charge is 0.302 e. The lowest BCUT2D eigenvalue weighted by molar-refractivity contribution is -0.206. The van der Waals surface area contributed by atoms with Gasteiger partial charge in [0.15, 0.2) is 0 Å². The van der Waals surface area contributed by atoms with Gasteiger partial charge in [0.05, 0.1) is 56.0 Å². The highest BCUT2D eigenvalue weighted by Crippen LogP contribution is 2.68. The number of likely N-dealkylation sites (N-methyl/N-ethyl adjacent to an activating group) is 1. The van der Waals surface area contributed by atoms with Crippen LogP contribution >= 0.6 is 0 Å². The van der Waals surface area contributed by atoms with E-state index in [-0.39, 0.29) is 60.6 Å². The predicted octanol–water partition coefficient (Wildman–Crippen LogP) is 2.93. The second-order valence-electron chi connectivity index (χ2n) is 17.8. The summed E-state index contributed by atoms with van der Waals surface area (Å²) in [5.41, 5.74) is 6.32. The maximum atomic E-state index is 12.2. The standard InChI is InChI=1S/C39H67N3O8/c1-22(44)48-20-30-28-5-6-29-35-26(14-27(45)16-33(35)49-21-43)18-39(10-9-23(17-39)13-24-3-8-34(40)42-19-24)36(29)38(28)50-37(30)25-4-7-31(46)32(15-25)47-12-11-41-2/h23-38,41-43,45-46H,3-21,40H2,1-2H3/t23-,24?,25?,26?,27?,28?,29?,30+,31?,32?,33?,34?,35?,36?,37+,38?,39-/m0/s1. The van der Waals surface area contributed by atoms with Crippen LogP contribution in [0.25, 0.3) is 0 Å². The molecule has 0 bridgehead atoms. The summed E-state index contributed by atoms with van der Waals surface area (Å²) in [7, 11) is 1.91. The van der Waals surface area contributed by atoms with E-state index in [1.54, 1.807) is 0 Å². The molecule has 0 aromatic carbocycles. The van der Waals surface area contributed by atoms with Gasteiger partial charge in [-0.3, -0.25) is 4.79 Å². The van der Waals surface area contributed by atoms with Crippen LogP contribution < -0.4 is 16.4 Å². The third-order valence-corrected chi connectivity index (χ3v) is 15.0. The summed E-state index contributed by atoms with van der Waals surface area (Å²) in [6, 6.07) is 0. The molecule has 2 heterocycles. The highest BCUT2D eigenvalue weighted by atomic mass is 16.6. The van der Waals surface area contributed by atoms with Crippen molar-refractivity contribution in [2.45, 2.75) is 140 Å². The number of hydrogen-bond donors (Lipinski definition) is 6. The summed E-state index contributed by atoms with van der Waals surface area (Å²) in [5.74, 6) is 3.21. The normalized spacial score (nSPS) is 48.9. The van der Waals surface area contributed by atoms with Crippen LogP contribution in [0.2, 0.25) is 0 Å². The Morgan fingerprint density at radius 2 is 1.78 bits per heavy atom. The number of aliphatic hydroxyl groups excluding tert-OH is 3. The molecule has 5 saturated carbocycles. The molecule has 7 N–H and O–H groups in total. The number of ether oxygens (including phenoxy) is 4. The molecule has 11 heteroatoms. The molecule has 13 unspecified atom stereocenters. The number of rotatable bonds is 11. The molecule has 5 aliphatic carbocycles. The van der Waals surface area contributed by atoms with E-state index in [4.69, 9.17) is 24.7 Å². The fourth-order valence-corrected chi connectivity index (χ4v) is 13.1. The fourth-order valence-electron chi connectivity index (χ4n) is 13.1. The van der Waals surface area contributed by atoms with E-state index in [0.29, 0.717) is 67.5 Å². The molecular weight excluding hydrogens is 638 g/mol. The van der Waals surface area contributed by atoms with Crippen LogP contribution in [-0.4, -0.2) is 104 Å². The van der Waals surface area contributed by atoms with Crippen LogP contribution in [-0.2, 0) is 23.7 Å². The van der Waals surface area contributed by atoms with Crippen molar-refractivity contribution >= 4 is 5.97 Å². The number of esters is 1. The maximum absolute atomic E-state index is 12.2. The molecule has 17 atom stereocenters. The summed E-state index contributed by atoms with van der Waals surface area (Å²) in [4.78, 5) is 12.2. The first kappa shape index (κ1) is 37.4. The van der Waals surface area contributed by atoms with E-state index < -0.39 is 12.2 Å². The van der Waals surface area contributed by atoms with Crippen LogP contribution in [0.15, 0.2) is 0 Å². The first-order valence-electron chi connectivity index (χ1n) is 20.3. The molecule has 0 aromatic heterocycles. The van der Waals surface area contributed by atoms with E-state index in [9.17, 15) is 20.1 Å². The summed E-state index contributed by atoms with van der Waals surface area (Å²) in [5, 5.41) is 38.6. The van der Waals surface area contributed by atoms with Gasteiger partial charge < -0.3 is 50.6 Å². The molecule has 2 aliphatic heterocycles. The Balaban J connectivity index is 1.18. The van der Waals surface area contributed by atoms with Crippen LogP contribution in [0, 0.1) is 58.7 Å². The molecule has 7 aliphatic rings. The number of aliphatic hydroxyl groups is 3. The number of fused-ring (bicyclic) bond motifs is 6. The monoisotopic (exact) mass is 705 g/mol. The van der Waals surface area contributed by atoms with Crippen LogP contribution in [0.4, 0.5) is 0 Å². The Hall–Kier alpha value is -0.890. The highest BCUT2D eigenvalue weighted by molar-refractivity contribution is 5.65. The lowest BCUT2D eigenvalue weighted by Gasteiger charge is -2.61. The molecule has 11 nitrogen and oxygen atoms in total. The van der Waals surface area contributed by atoms with Crippen molar-refractivity contribution in [2.75, 3.05) is 40.1 Å². The van der Waals surface area contributed by atoms with Gasteiger partial charge in [0.25, 0.3) is 0 Å². The minimum absolute atomic E-state index is 0.0480. The SMILES string of the molecule is CNCCOC1CC([C@H]2OC3C(CCC4C5C(CC(O)CC5OCO)C[C@@]5(CC[C@@H](CC6CCC(N)NC6)C5)C43)[C@H]2COC(C)=O)CCC1O. The minimum Gasteiger partial charge on any atom is -0.465 e. The molecular formula is C39H67N3O8. The quantitative estimate of drug-likeness (QED) is 0.106. The number of carbonyl (C=O) groups excluding carboxylic acids is 1. The zero-order valence-electron chi connectivity index (χ0n) is 30.6. The van der Waals surface area contributed by atoms with Gasteiger partial charge in [0.2, 0.25) is 0 Å². The first-order valence-corrected chi connectivity index (χ1v) is 20.3. The Kier molecular flexibility index (Phi) is 12.1. The van der Waals surface area contributed by atoms with Gasteiger partial charge >= 0.3 is 5.97 Å². The van der Waals surface area contributed by atoms with Gasteiger partial charge in [-0.05, 0) is 156 Å². The van der Waals surface area contributed by atoms with Gasteiger partial charge in [-0.2, -0.15) is 0 Å². The Bertz CT molecular complexity index is 1120. The van der Waals surface area contributed by atoms with E-state index in [2.05, 4.69) is 10.6 Å². The number of nitrogens with one attached hydrogen (secondary N) is 2. The van der Waals surface area contributed by atoms with Crippen LogP contribution in [0.5, 0.6) is 0 Å². The molecule has 1 spiro atoms. The van der Waals surface area contributed by atoms with Crippen molar-refractivity contribution in [1.82, 2.24) is 10.6 Å². The summed E-state index contributed by atoms with van der Waals surface area (Å²) in [6.45, 7) is 3.88. The first-order chi connectivity index (χ1) is 24.2. The number of piperidine rings is 1. The highest BCUT2D eigenvalue weighted by Gasteiger charge is 2.65. The van der Waals surface area contributed by atoms with Crippen molar-refractivity contribution in [3.8, 4) is 0 Å². The topological polar surface area (TPSA) is 165 Å². The largest absolute Gasteiger partial charge is 0.465 e. The number of nitrogens with two attached hydrogens (primary N) is 1. The third-order valence-electron chi connectivity index (χ3n) is 15.0. The Morgan fingerprint density at radius 1 is 0.940 bits per heavy atom. The average molecular weight is 706 g/mol. The van der Waals surface area contributed by atoms with Crippen molar-refractivity contribution in [2.24, 2.45) is 64.4 Å². The molecule has 2 saturated heterocycles. The summed E-state index contributed by atoms with van der Waals surface area (Å²) in [6.07, 6.45) is 13.0. The van der Waals surface area contributed by atoms with Crippen molar-refractivity contribution in [1.29, 1.82) is 0 Å². The van der Waals surface area contributed by atoms with Gasteiger partial charge in [-0.25, -0.2) is 0 Å². The number of hydrogen-bond acceptors (Lipinski definition) is 11. The van der Waals surface area contributed by atoms with Gasteiger partial charge in [-0.15, -0.1) is 0 Å². The molecule has 50 heavy (non-hydrogen) atoms. The Labute approximate surface area is 299 Å². The minimum atomic E-state index is -0.475. The second-order valence-corrected chi connectivity index (χ2v) is 17.8. The molecule has 7 fully saturated rings. The lowest BCUT2D eigenvalue weighted by Crippen LogP contribution is -2.59. The zero-order valence-corrected chi connectivity index (χ0v) is 30.6. The van der Waals surface area contributed by atoms with E-state index in [1.807, 2.05) is 7.05 Å². The van der Waals surface area contributed by atoms with Crippen molar-refractivity contribution in [3.63, 3.8) is 0 Å². The van der Waals surface area contributed by atoms with Crippen LogP contribution in [0.1, 0.15) is 96.8 Å². The van der Waals surface area contributed by atoms with Crippen LogP contribution in [0.3, 0.4) is 0 Å². The Morgan fingerprint density at radius 3 is 2.54 bits per heavy atom. The molecule has 0 amide bonds. The zero-order chi connectivity index (χ0) is 35.0.